The number of para-hydroxylation sites is 1. The summed E-state index contributed by atoms with van der Waals surface area (Å²) in [6, 6.07) is -4.99. The molecule has 0 saturated heterocycles. The molecule has 7 aromatic rings. The number of hydrogen-bond acceptors (Lipinski definition) is 1. The highest BCUT2D eigenvalue weighted by Gasteiger charge is 2.17. The van der Waals surface area contributed by atoms with Gasteiger partial charge in [0.05, 0.1) is 21.9 Å². The largest absolute Gasteiger partial charge is 0.456 e. The minimum absolute atomic E-state index is 0.0873. The van der Waals surface area contributed by atoms with Crippen molar-refractivity contribution < 1.29 is 26.3 Å². The van der Waals surface area contributed by atoms with Crippen LogP contribution in [0.5, 0.6) is 0 Å². The van der Waals surface area contributed by atoms with Gasteiger partial charge in [-0.1, -0.05) is 103 Å². The Balaban J connectivity index is 1.91. The fraction of sp³-hybridized carbons (Fsp3) is 0. The third kappa shape index (κ3) is 2.73. The van der Waals surface area contributed by atoms with Crippen molar-refractivity contribution in [2.75, 3.05) is 0 Å². The summed E-state index contributed by atoms with van der Waals surface area (Å²) < 4.78 is 146. The molecule has 0 N–H and O–H groups in total. The Morgan fingerprint density at radius 3 is 1.70 bits per heavy atom. The van der Waals surface area contributed by atoms with Crippen LogP contribution in [0.25, 0.3) is 65.7 Å². The topological polar surface area (TPSA) is 13.1 Å². The van der Waals surface area contributed by atoms with E-state index in [1.54, 1.807) is 24.3 Å². The van der Waals surface area contributed by atoms with Crippen molar-refractivity contribution in [2.24, 2.45) is 0 Å². The molecular formula is C32H20O. The van der Waals surface area contributed by atoms with Gasteiger partial charge in [-0.2, -0.15) is 0 Å². The number of hydrogen-bond donors (Lipinski definition) is 0. The maximum atomic E-state index is 9.39. The monoisotopic (exact) mass is 436 g/mol. The van der Waals surface area contributed by atoms with Gasteiger partial charge >= 0.3 is 0 Å². The standard InChI is InChI=1S/C32H20O/c1-2-10-21(11-3-1)31-24-13-4-6-15-26(24)32(27-16-7-5-14-25(27)31)22-18-19-30-28(20-22)23-12-8-9-17-29(23)33-30/h1-20H/i1D,2D,3D,4D,5D,6D,7D,10D,11D,13D,14D,15D,16D,18D,19D,20D. The molecule has 1 heteroatoms. The van der Waals surface area contributed by atoms with Crippen molar-refractivity contribution in [3.63, 3.8) is 0 Å². The van der Waals surface area contributed by atoms with Gasteiger partial charge in [0.2, 0.25) is 0 Å². The molecule has 0 fully saturated rings. The van der Waals surface area contributed by atoms with Crippen molar-refractivity contribution >= 4 is 43.5 Å². The van der Waals surface area contributed by atoms with Crippen LogP contribution in [0.15, 0.2) is 125 Å². The lowest BCUT2D eigenvalue weighted by atomic mass is 9.86. The first-order chi connectivity index (χ1) is 23.0. The van der Waals surface area contributed by atoms with E-state index in [4.69, 9.17) is 25.0 Å². The predicted molar refractivity (Wildman–Crippen MR) is 140 cm³/mol. The van der Waals surface area contributed by atoms with Crippen LogP contribution in [0, 0.1) is 0 Å². The summed E-state index contributed by atoms with van der Waals surface area (Å²) in [6.07, 6.45) is 0. The second-order valence-corrected chi connectivity index (χ2v) is 7.30. The van der Waals surface area contributed by atoms with Crippen LogP contribution in [-0.4, -0.2) is 0 Å². The lowest BCUT2D eigenvalue weighted by Crippen LogP contribution is -1.90. The Hall–Kier alpha value is -4.36. The van der Waals surface area contributed by atoms with Crippen molar-refractivity contribution in [3.8, 4) is 22.3 Å². The van der Waals surface area contributed by atoms with Gasteiger partial charge in [-0.05, 0) is 61.9 Å². The number of fused-ring (bicyclic) bond motifs is 5. The van der Waals surface area contributed by atoms with Crippen LogP contribution in [0.1, 0.15) is 21.9 Å². The van der Waals surface area contributed by atoms with Gasteiger partial charge in [-0.3, -0.25) is 0 Å². The first-order valence-electron chi connectivity index (χ1n) is 18.0. The number of benzene rings is 6. The summed E-state index contributed by atoms with van der Waals surface area (Å²) >= 11 is 0. The lowest BCUT2D eigenvalue weighted by Gasteiger charge is -2.17. The van der Waals surface area contributed by atoms with Gasteiger partial charge in [0.15, 0.2) is 0 Å². The zero-order chi connectivity index (χ0) is 35.7. The SMILES string of the molecule is [2H]c1c([2H])c([2H])c(-c2c3c([2H])c([2H])c([2H])c([2H])c3c(-c3c([2H])c([2H])c4oc5ccccc5c4c3[2H])c3c([2H])c([2H])c([2H])c([2H])c23)c([2H])c1[2H]. The van der Waals surface area contributed by atoms with Crippen molar-refractivity contribution in [1.29, 1.82) is 0 Å². The molecule has 0 aliphatic heterocycles. The van der Waals surface area contributed by atoms with Gasteiger partial charge in [0.1, 0.15) is 11.2 Å². The van der Waals surface area contributed by atoms with E-state index >= 15 is 0 Å². The summed E-state index contributed by atoms with van der Waals surface area (Å²) in [7, 11) is 0. The molecule has 1 aromatic heterocycles. The molecule has 0 atom stereocenters. The molecule has 1 heterocycles. The molecule has 33 heavy (non-hydrogen) atoms. The van der Waals surface area contributed by atoms with Crippen LogP contribution in [0.3, 0.4) is 0 Å². The fourth-order valence-corrected chi connectivity index (χ4v) is 4.16. The summed E-state index contributed by atoms with van der Waals surface area (Å²) in [5.41, 5.74) is -1.61. The number of furan rings is 1. The van der Waals surface area contributed by atoms with E-state index in [1.165, 1.54) is 0 Å². The van der Waals surface area contributed by atoms with Gasteiger partial charge < -0.3 is 4.42 Å². The maximum absolute atomic E-state index is 9.39. The second kappa shape index (κ2) is 7.08. The molecular weight excluding hydrogens is 400 g/mol. The first-order valence-corrected chi connectivity index (χ1v) is 9.99. The number of rotatable bonds is 2. The van der Waals surface area contributed by atoms with E-state index in [2.05, 4.69) is 0 Å². The van der Waals surface area contributed by atoms with Gasteiger partial charge in [0, 0.05) is 10.8 Å². The quantitative estimate of drug-likeness (QED) is 0.246. The van der Waals surface area contributed by atoms with Crippen molar-refractivity contribution in [2.45, 2.75) is 0 Å². The summed E-state index contributed by atoms with van der Waals surface area (Å²) in [6.45, 7) is 0. The maximum Gasteiger partial charge on any atom is 0.135 e. The average molecular weight is 437 g/mol. The minimum Gasteiger partial charge on any atom is -0.456 e. The predicted octanol–water partition coefficient (Wildman–Crippen LogP) is 9.23. The second-order valence-electron chi connectivity index (χ2n) is 7.30. The van der Waals surface area contributed by atoms with Crippen LogP contribution in [-0.2, 0) is 0 Å². The molecule has 0 aliphatic carbocycles. The average Bonchev–Trinajstić information content (AvgIpc) is 3.48. The van der Waals surface area contributed by atoms with E-state index < -0.39 is 129 Å². The molecule has 0 unspecified atom stereocenters. The van der Waals surface area contributed by atoms with Crippen molar-refractivity contribution in [3.05, 3.63) is 121 Å². The Morgan fingerprint density at radius 1 is 0.455 bits per heavy atom. The minimum atomic E-state index is -0.791. The molecule has 6 aromatic carbocycles. The van der Waals surface area contributed by atoms with Gasteiger partial charge in [-0.25, -0.2) is 0 Å². The van der Waals surface area contributed by atoms with Crippen LogP contribution in [0.4, 0.5) is 0 Å². The Morgan fingerprint density at radius 2 is 1.03 bits per heavy atom. The first kappa shape index (κ1) is 8.53. The molecule has 0 amide bonds. The van der Waals surface area contributed by atoms with E-state index in [9.17, 15) is 1.37 Å². The molecule has 154 valence electrons. The zero-order valence-electron chi connectivity index (χ0n) is 32.7. The highest BCUT2D eigenvalue weighted by molar-refractivity contribution is 6.22. The Labute approximate surface area is 214 Å². The molecule has 0 bridgehead atoms. The zero-order valence-corrected chi connectivity index (χ0v) is 16.7. The van der Waals surface area contributed by atoms with Gasteiger partial charge in [0.25, 0.3) is 0 Å². The molecule has 7 rings (SSSR count). The Bertz CT molecular complexity index is 2570. The smallest absolute Gasteiger partial charge is 0.135 e. The fourth-order valence-electron chi connectivity index (χ4n) is 4.16. The molecule has 0 spiro atoms. The van der Waals surface area contributed by atoms with E-state index in [0.29, 0.717) is 11.0 Å². The molecule has 1 nitrogen and oxygen atoms in total. The third-order valence-corrected chi connectivity index (χ3v) is 5.52. The molecule has 0 radical (unpaired) electrons. The van der Waals surface area contributed by atoms with E-state index in [-0.39, 0.29) is 22.1 Å². The van der Waals surface area contributed by atoms with E-state index in [1.807, 2.05) is 0 Å². The molecule has 0 aliphatic rings. The molecule has 0 saturated carbocycles. The van der Waals surface area contributed by atoms with Crippen LogP contribution >= 0.6 is 0 Å². The highest BCUT2D eigenvalue weighted by atomic mass is 16.3. The highest BCUT2D eigenvalue weighted by Crippen LogP contribution is 2.44. The van der Waals surface area contributed by atoms with Crippen LogP contribution < -0.4 is 0 Å². The summed E-state index contributed by atoms with van der Waals surface area (Å²) in [4.78, 5) is 0. The van der Waals surface area contributed by atoms with Crippen molar-refractivity contribution in [1.82, 2.24) is 0 Å². The van der Waals surface area contributed by atoms with E-state index in [0.717, 1.165) is 0 Å². The normalized spacial score (nSPS) is 18.4. The van der Waals surface area contributed by atoms with Gasteiger partial charge in [-0.15, -0.1) is 0 Å². The Kier molecular flexibility index (Phi) is 1.83. The summed E-state index contributed by atoms with van der Waals surface area (Å²) in [5, 5.41) is -1.30. The third-order valence-electron chi connectivity index (χ3n) is 5.52. The lowest BCUT2D eigenvalue weighted by molar-refractivity contribution is 0.669. The van der Waals surface area contributed by atoms with Crippen LogP contribution in [0.2, 0.25) is 0 Å². The summed E-state index contributed by atoms with van der Waals surface area (Å²) in [5.74, 6) is 0.